The molecule has 1 amide bonds. The second kappa shape index (κ2) is 14.0. The van der Waals surface area contributed by atoms with Gasteiger partial charge in [-0.25, -0.2) is 0 Å². The van der Waals surface area contributed by atoms with Gasteiger partial charge < -0.3 is 20.4 Å². The van der Waals surface area contributed by atoms with Crippen molar-refractivity contribution in [3.8, 4) is 0 Å². The minimum atomic E-state index is 0. The number of carbonyl (C=O) groups is 1. The number of rotatable bonds is 9. The average molecular weight is 537 g/mol. The zero-order chi connectivity index (χ0) is 21.9. The van der Waals surface area contributed by atoms with E-state index in [4.69, 9.17) is 0 Å². The zero-order valence-corrected chi connectivity index (χ0v) is 21.6. The van der Waals surface area contributed by atoms with Crippen LogP contribution in [0.1, 0.15) is 34.0 Å². The van der Waals surface area contributed by atoms with Gasteiger partial charge >= 0.3 is 0 Å². The maximum Gasteiger partial charge on any atom is 0.253 e. The van der Waals surface area contributed by atoms with E-state index in [0.29, 0.717) is 5.56 Å². The summed E-state index contributed by atoms with van der Waals surface area (Å²) in [7, 11) is 7.44. The molecule has 7 heteroatoms. The van der Waals surface area contributed by atoms with Crippen molar-refractivity contribution >= 4 is 35.8 Å². The van der Waals surface area contributed by atoms with E-state index in [2.05, 4.69) is 58.8 Å². The summed E-state index contributed by atoms with van der Waals surface area (Å²) < 4.78 is 0. The molecule has 0 fully saturated rings. The molecule has 170 valence electrons. The van der Waals surface area contributed by atoms with Gasteiger partial charge in [0.05, 0.1) is 0 Å². The summed E-state index contributed by atoms with van der Waals surface area (Å²) in [5, 5.41) is 6.73. The number of aliphatic imine (C=N–C) groups is 1. The van der Waals surface area contributed by atoms with Crippen molar-refractivity contribution in [2.45, 2.75) is 26.4 Å². The van der Waals surface area contributed by atoms with Crippen LogP contribution < -0.4 is 10.6 Å². The van der Waals surface area contributed by atoms with Gasteiger partial charge in [-0.3, -0.25) is 9.79 Å². The van der Waals surface area contributed by atoms with Crippen LogP contribution in [0.2, 0.25) is 0 Å². The maximum atomic E-state index is 12.1. The van der Waals surface area contributed by atoms with Gasteiger partial charge in [-0.15, -0.1) is 24.0 Å². The van der Waals surface area contributed by atoms with Gasteiger partial charge in [0.25, 0.3) is 5.91 Å². The number of halogens is 1. The molecule has 0 heterocycles. The Kier molecular flexibility index (Phi) is 12.2. The van der Waals surface area contributed by atoms with E-state index in [0.717, 1.165) is 44.1 Å². The van der Waals surface area contributed by atoms with Gasteiger partial charge in [-0.1, -0.05) is 43.3 Å². The lowest BCUT2D eigenvalue weighted by Gasteiger charge is -2.15. The highest BCUT2D eigenvalue weighted by molar-refractivity contribution is 14.0. The summed E-state index contributed by atoms with van der Waals surface area (Å²) >= 11 is 0. The number of amides is 1. The Hall–Kier alpha value is -2.13. The zero-order valence-electron chi connectivity index (χ0n) is 19.3. The molecule has 2 rings (SSSR count). The standard InChI is InChI=1S/C24H35N5O.HI/c1-6-29(5)18-21-11-7-10-20(15-21)17-27-24(25-2)26-14-13-19-9-8-12-22(16-19)23(30)28(3)4;/h7-12,15-16H,6,13-14,17-18H2,1-5H3,(H2,25,26,27);1H. The van der Waals surface area contributed by atoms with Gasteiger partial charge in [0.1, 0.15) is 0 Å². The second-order valence-corrected chi connectivity index (χ2v) is 7.65. The molecule has 0 atom stereocenters. The molecule has 0 aliphatic heterocycles. The maximum absolute atomic E-state index is 12.1. The van der Waals surface area contributed by atoms with Crippen LogP contribution in [0.25, 0.3) is 0 Å². The summed E-state index contributed by atoms with van der Waals surface area (Å²) in [6.45, 7) is 5.60. The number of hydrogen-bond acceptors (Lipinski definition) is 3. The molecule has 0 saturated carbocycles. The first-order chi connectivity index (χ1) is 14.4. The van der Waals surface area contributed by atoms with Crippen LogP contribution in [0.5, 0.6) is 0 Å². The van der Waals surface area contributed by atoms with E-state index in [1.807, 2.05) is 24.3 Å². The molecular formula is C24H36IN5O. The minimum Gasteiger partial charge on any atom is -0.356 e. The molecule has 0 aromatic heterocycles. The first kappa shape index (κ1) is 26.9. The molecular weight excluding hydrogens is 501 g/mol. The Morgan fingerprint density at radius 2 is 1.65 bits per heavy atom. The Morgan fingerprint density at radius 3 is 2.32 bits per heavy atom. The van der Waals surface area contributed by atoms with E-state index in [1.165, 1.54) is 11.1 Å². The highest BCUT2D eigenvalue weighted by Gasteiger charge is 2.08. The normalized spacial score (nSPS) is 11.1. The molecule has 0 spiro atoms. The summed E-state index contributed by atoms with van der Waals surface area (Å²) in [5.74, 6) is 0.793. The van der Waals surface area contributed by atoms with Crippen molar-refractivity contribution in [3.05, 3.63) is 70.8 Å². The van der Waals surface area contributed by atoms with Gasteiger partial charge in [0.15, 0.2) is 5.96 Å². The Labute approximate surface area is 204 Å². The highest BCUT2D eigenvalue weighted by Crippen LogP contribution is 2.09. The molecule has 2 aromatic rings. The molecule has 2 aromatic carbocycles. The van der Waals surface area contributed by atoms with Gasteiger partial charge in [0, 0.05) is 46.3 Å². The number of nitrogens with one attached hydrogen (secondary N) is 2. The molecule has 6 nitrogen and oxygen atoms in total. The second-order valence-electron chi connectivity index (χ2n) is 7.65. The summed E-state index contributed by atoms with van der Waals surface area (Å²) in [6.07, 6.45) is 0.814. The lowest BCUT2D eigenvalue weighted by molar-refractivity contribution is 0.0827. The molecule has 0 radical (unpaired) electrons. The predicted octanol–water partition coefficient (Wildman–Crippen LogP) is 3.37. The van der Waals surface area contributed by atoms with Crippen molar-refractivity contribution in [2.75, 3.05) is 41.3 Å². The third-order valence-electron chi connectivity index (χ3n) is 4.95. The fourth-order valence-electron chi connectivity index (χ4n) is 3.11. The minimum absolute atomic E-state index is 0. The Morgan fingerprint density at radius 1 is 0.968 bits per heavy atom. The van der Waals surface area contributed by atoms with E-state index in [-0.39, 0.29) is 29.9 Å². The summed E-state index contributed by atoms with van der Waals surface area (Å²) in [4.78, 5) is 20.3. The van der Waals surface area contributed by atoms with Crippen LogP contribution in [0.3, 0.4) is 0 Å². The monoisotopic (exact) mass is 537 g/mol. The van der Waals surface area contributed by atoms with E-state index < -0.39 is 0 Å². The molecule has 2 N–H and O–H groups in total. The third-order valence-corrected chi connectivity index (χ3v) is 4.95. The first-order valence-corrected chi connectivity index (χ1v) is 10.4. The Balaban J connectivity index is 0.00000480. The van der Waals surface area contributed by atoms with E-state index in [1.54, 1.807) is 26.0 Å². The largest absolute Gasteiger partial charge is 0.356 e. The Bertz CT molecular complexity index is 853. The first-order valence-electron chi connectivity index (χ1n) is 10.4. The van der Waals surface area contributed by atoms with Crippen LogP contribution in [0, 0.1) is 0 Å². The fourth-order valence-corrected chi connectivity index (χ4v) is 3.11. The van der Waals surface area contributed by atoms with Gasteiger partial charge in [-0.05, 0) is 48.8 Å². The smallest absolute Gasteiger partial charge is 0.253 e. The SMILES string of the molecule is CCN(C)Cc1cccc(CNC(=NC)NCCc2cccc(C(=O)N(C)C)c2)c1.I. The molecule has 0 aliphatic carbocycles. The molecule has 0 saturated heterocycles. The molecule has 0 aliphatic rings. The van der Waals surface area contributed by atoms with Crippen LogP contribution in [-0.4, -0.2) is 62.9 Å². The lowest BCUT2D eigenvalue weighted by atomic mass is 10.1. The number of hydrogen-bond donors (Lipinski definition) is 2. The molecule has 31 heavy (non-hydrogen) atoms. The van der Waals surface area contributed by atoms with E-state index in [9.17, 15) is 4.79 Å². The van der Waals surface area contributed by atoms with Gasteiger partial charge in [-0.2, -0.15) is 0 Å². The topological polar surface area (TPSA) is 60.0 Å². The van der Waals surface area contributed by atoms with Crippen LogP contribution in [0.15, 0.2) is 53.5 Å². The van der Waals surface area contributed by atoms with Crippen LogP contribution in [0.4, 0.5) is 0 Å². The number of nitrogens with zero attached hydrogens (tertiary/aromatic N) is 3. The average Bonchev–Trinajstić information content (AvgIpc) is 2.75. The number of benzene rings is 2. The number of carbonyl (C=O) groups excluding carboxylic acids is 1. The predicted molar refractivity (Wildman–Crippen MR) is 140 cm³/mol. The van der Waals surface area contributed by atoms with E-state index >= 15 is 0 Å². The quantitative estimate of drug-likeness (QED) is 0.293. The molecule has 0 bridgehead atoms. The third kappa shape index (κ3) is 9.26. The van der Waals surface area contributed by atoms with Crippen molar-refractivity contribution in [1.82, 2.24) is 20.4 Å². The van der Waals surface area contributed by atoms with Crippen molar-refractivity contribution in [3.63, 3.8) is 0 Å². The fraction of sp³-hybridized carbons (Fsp3) is 0.417. The lowest BCUT2D eigenvalue weighted by Crippen LogP contribution is -2.37. The van der Waals surface area contributed by atoms with Crippen molar-refractivity contribution in [2.24, 2.45) is 4.99 Å². The van der Waals surface area contributed by atoms with Crippen LogP contribution >= 0.6 is 24.0 Å². The van der Waals surface area contributed by atoms with Crippen molar-refractivity contribution in [1.29, 1.82) is 0 Å². The highest BCUT2D eigenvalue weighted by atomic mass is 127. The van der Waals surface area contributed by atoms with Gasteiger partial charge in [0.2, 0.25) is 0 Å². The summed E-state index contributed by atoms with van der Waals surface area (Å²) in [6, 6.07) is 16.4. The molecule has 0 unspecified atom stereocenters. The summed E-state index contributed by atoms with van der Waals surface area (Å²) in [5.41, 5.74) is 4.38. The number of guanidine groups is 1. The van der Waals surface area contributed by atoms with Crippen LogP contribution in [-0.2, 0) is 19.5 Å². The van der Waals surface area contributed by atoms with Crippen molar-refractivity contribution < 1.29 is 4.79 Å².